The first-order valence-electron chi connectivity index (χ1n) is 6.23. The molecule has 0 aliphatic carbocycles. The first-order valence-corrected chi connectivity index (χ1v) is 6.23. The SMILES string of the molecule is [N-]=[N+]=N/C(=C\c1ccc([N+](=O)[O-])cc1)C(=O)c1ccccc1. The Bertz CT molecular complexity index is 776. The van der Waals surface area contributed by atoms with E-state index in [1.165, 1.54) is 30.3 Å². The van der Waals surface area contributed by atoms with Crippen LogP contribution in [0.4, 0.5) is 5.69 Å². The quantitative estimate of drug-likeness (QED) is 0.157. The van der Waals surface area contributed by atoms with E-state index < -0.39 is 10.7 Å². The molecule has 7 nitrogen and oxygen atoms in total. The van der Waals surface area contributed by atoms with Crippen LogP contribution in [0.15, 0.2) is 65.4 Å². The van der Waals surface area contributed by atoms with Crippen LogP contribution >= 0.6 is 0 Å². The highest BCUT2D eigenvalue weighted by Gasteiger charge is 2.11. The maximum Gasteiger partial charge on any atom is 0.269 e. The predicted octanol–water partition coefficient (Wildman–Crippen LogP) is 4.13. The molecule has 2 rings (SSSR count). The Kier molecular flexibility index (Phi) is 4.64. The van der Waals surface area contributed by atoms with Crippen LogP contribution in [0.5, 0.6) is 0 Å². The summed E-state index contributed by atoms with van der Waals surface area (Å²) in [6, 6.07) is 14.0. The van der Waals surface area contributed by atoms with E-state index >= 15 is 0 Å². The van der Waals surface area contributed by atoms with Crippen LogP contribution in [0.3, 0.4) is 0 Å². The van der Waals surface area contributed by atoms with E-state index in [0.29, 0.717) is 11.1 Å². The van der Waals surface area contributed by atoms with Gasteiger partial charge in [-0.15, -0.1) is 0 Å². The van der Waals surface area contributed by atoms with Gasteiger partial charge in [0, 0.05) is 22.6 Å². The molecule has 22 heavy (non-hydrogen) atoms. The molecule has 0 heterocycles. The minimum atomic E-state index is -0.517. The molecule has 0 bridgehead atoms. The Morgan fingerprint density at radius 2 is 1.77 bits per heavy atom. The van der Waals surface area contributed by atoms with Gasteiger partial charge >= 0.3 is 0 Å². The lowest BCUT2D eigenvalue weighted by molar-refractivity contribution is -0.384. The third-order valence-corrected chi connectivity index (χ3v) is 2.83. The van der Waals surface area contributed by atoms with E-state index in [4.69, 9.17) is 5.53 Å². The van der Waals surface area contributed by atoms with Crippen molar-refractivity contribution < 1.29 is 9.72 Å². The summed E-state index contributed by atoms with van der Waals surface area (Å²) >= 11 is 0. The molecule has 2 aromatic carbocycles. The third kappa shape index (κ3) is 3.56. The molecule has 0 aliphatic heterocycles. The molecule has 0 amide bonds. The third-order valence-electron chi connectivity index (χ3n) is 2.83. The fraction of sp³-hybridized carbons (Fsp3) is 0. The van der Waals surface area contributed by atoms with Crippen LogP contribution in [-0.4, -0.2) is 10.7 Å². The molecular weight excluding hydrogens is 284 g/mol. The highest BCUT2D eigenvalue weighted by atomic mass is 16.6. The van der Waals surface area contributed by atoms with Crippen LogP contribution < -0.4 is 0 Å². The van der Waals surface area contributed by atoms with Gasteiger partial charge in [-0.05, 0) is 29.3 Å². The summed E-state index contributed by atoms with van der Waals surface area (Å²) in [7, 11) is 0. The summed E-state index contributed by atoms with van der Waals surface area (Å²) in [6.45, 7) is 0. The van der Waals surface area contributed by atoms with Gasteiger partial charge in [-0.1, -0.05) is 35.4 Å². The summed E-state index contributed by atoms with van der Waals surface area (Å²) in [5.41, 5.74) is 9.38. The van der Waals surface area contributed by atoms with E-state index in [1.54, 1.807) is 30.3 Å². The second kappa shape index (κ2) is 6.83. The topological polar surface area (TPSA) is 109 Å². The number of rotatable bonds is 5. The van der Waals surface area contributed by atoms with Gasteiger partial charge in [-0.25, -0.2) is 0 Å². The lowest BCUT2D eigenvalue weighted by Gasteiger charge is -2.01. The number of benzene rings is 2. The predicted molar refractivity (Wildman–Crippen MR) is 81.0 cm³/mol. The molecule has 108 valence electrons. The largest absolute Gasteiger partial charge is 0.289 e. The Hall–Kier alpha value is -3.44. The molecule has 0 saturated carbocycles. The first-order chi connectivity index (χ1) is 10.6. The van der Waals surface area contributed by atoms with Gasteiger partial charge in [-0.2, -0.15) is 0 Å². The maximum absolute atomic E-state index is 12.3. The number of carbonyl (C=O) groups is 1. The lowest BCUT2D eigenvalue weighted by atomic mass is 10.1. The van der Waals surface area contributed by atoms with Crippen LogP contribution in [0.2, 0.25) is 0 Å². The summed E-state index contributed by atoms with van der Waals surface area (Å²) in [6.07, 6.45) is 1.39. The zero-order valence-corrected chi connectivity index (χ0v) is 11.3. The molecule has 0 aromatic heterocycles. The van der Waals surface area contributed by atoms with Crippen LogP contribution in [0, 0.1) is 10.1 Å². The molecule has 2 aromatic rings. The number of Topliss-reactive ketones (excluding diaryl/α,β-unsaturated/α-hetero) is 1. The van der Waals surface area contributed by atoms with Crippen molar-refractivity contribution in [3.63, 3.8) is 0 Å². The Morgan fingerprint density at radius 3 is 2.32 bits per heavy atom. The monoisotopic (exact) mass is 294 g/mol. The van der Waals surface area contributed by atoms with Gasteiger partial charge in [0.1, 0.15) is 0 Å². The number of non-ortho nitro benzene ring substituents is 1. The van der Waals surface area contributed by atoms with E-state index in [2.05, 4.69) is 10.0 Å². The number of nitro benzene ring substituents is 1. The molecule has 0 spiro atoms. The van der Waals surface area contributed by atoms with Gasteiger partial charge < -0.3 is 0 Å². The summed E-state index contributed by atoms with van der Waals surface area (Å²) < 4.78 is 0. The Balaban J connectivity index is 2.37. The second-order valence-electron chi connectivity index (χ2n) is 4.26. The van der Waals surface area contributed by atoms with Crippen molar-refractivity contribution in [1.82, 2.24) is 0 Å². The normalized spacial score (nSPS) is 10.6. The summed E-state index contributed by atoms with van der Waals surface area (Å²) in [5.74, 6) is -0.420. The smallest absolute Gasteiger partial charge is 0.269 e. The minimum absolute atomic E-state index is 0.0585. The van der Waals surface area contributed by atoms with Gasteiger partial charge in [-0.3, -0.25) is 14.9 Å². The van der Waals surface area contributed by atoms with Crippen molar-refractivity contribution in [2.45, 2.75) is 0 Å². The molecule has 0 saturated heterocycles. The number of allylic oxidation sites excluding steroid dienone is 1. The highest BCUT2D eigenvalue weighted by Crippen LogP contribution is 2.17. The Morgan fingerprint density at radius 1 is 1.14 bits per heavy atom. The fourth-order valence-electron chi connectivity index (χ4n) is 1.78. The molecule has 0 fully saturated rings. The van der Waals surface area contributed by atoms with Gasteiger partial charge in [0.05, 0.1) is 10.6 Å². The van der Waals surface area contributed by atoms with Crippen molar-refractivity contribution in [2.75, 3.05) is 0 Å². The zero-order chi connectivity index (χ0) is 15.9. The Labute approximate surface area is 125 Å². The fourth-order valence-corrected chi connectivity index (χ4v) is 1.78. The number of hydrogen-bond donors (Lipinski definition) is 0. The zero-order valence-electron chi connectivity index (χ0n) is 11.3. The summed E-state index contributed by atoms with van der Waals surface area (Å²) in [5, 5.41) is 14.0. The number of azide groups is 1. The van der Waals surface area contributed by atoms with Crippen molar-refractivity contribution in [1.29, 1.82) is 0 Å². The molecule has 0 aliphatic rings. The number of nitrogens with zero attached hydrogens (tertiary/aromatic N) is 4. The molecule has 0 N–H and O–H groups in total. The number of nitro groups is 1. The van der Waals surface area contributed by atoms with Crippen molar-refractivity contribution in [2.24, 2.45) is 5.11 Å². The lowest BCUT2D eigenvalue weighted by Crippen LogP contribution is -2.00. The van der Waals surface area contributed by atoms with Crippen molar-refractivity contribution in [3.05, 3.63) is 92.0 Å². The molecular formula is C15H10N4O3. The molecule has 7 heteroatoms. The first kappa shape index (κ1) is 15.0. The maximum atomic E-state index is 12.3. The number of ketones is 1. The standard InChI is InChI=1S/C15H10N4O3/c16-18-17-14(15(20)12-4-2-1-3-5-12)10-11-6-8-13(9-7-11)19(21)22/h1-10H/b14-10-. The number of hydrogen-bond acceptors (Lipinski definition) is 4. The van der Waals surface area contributed by atoms with Crippen LogP contribution in [0.1, 0.15) is 15.9 Å². The van der Waals surface area contributed by atoms with E-state index in [0.717, 1.165) is 0 Å². The van der Waals surface area contributed by atoms with Gasteiger partial charge in [0.15, 0.2) is 5.78 Å². The van der Waals surface area contributed by atoms with E-state index in [1.807, 2.05) is 0 Å². The average molecular weight is 294 g/mol. The molecule has 0 unspecified atom stereocenters. The molecule has 0 atom stereocenters. The molecule has 0 radical (unpaired) electrons. The minimum Gasteiger partial charge on any atom is -0.289 e. The van der Waals surface area contributed by atoms with Crippen LogP contribution in [-0.2, 0) is 0 Å². The van der Waals surface area contributed by atoms with Gasteiger partial charge in [0.25, 0.3) is 5.69 Å². The van der Waals surface area contributed by atoms with Gasteiger partial charge in [0.2, 0.25) is 0 Å². The second-order valence-corrected chi connectivity index (χ2v) is 4.26. The van der Waals surface area contributed by atoms with Crippen LogP contribution in [0.25, 0.3) is 16.5 Å². The summed E-state index contributed by atoms with van der Waals surface area (Å²) in [4.78, 5) is 25.0. The average Bonchev–Trinajstić information content (AvgIpc) is 2.55. The van der Waals surface area contributed by atoms with E-state index in [-0.39, 0.29) is 11.4 Å². The van der Waals surface area contributed by atoms with Crippen molar-refractivity contribution >= 4 is 17.5 Å². The van der Waals surface area contributed by atoms with E-state index in [9.17, 15) is 14.9 Å². The number of carbonyl (C=O) groups excluding carboxylic acids is 1. The highest BCUT2D eigenvalue weighted by molar-refractivity contribution is 6.11. The van der Waals surface area contributed by atoms with Crippen molar-refractivity contribution in [3.8, 4) is 0 Å².